The SMILES string of the molecule is CC1(C)c2ccccc2C(=O)c2ccc(-c3ccc4c(c3)c3ccccc3n4-n3c4ccccc4c4cc(-c5ccc6c(c5)C(C)(C)c5ccccc5C6=O)ccc43)cc21.O=C1c2ccccc2C(=S)c2cc(-c3ccc4c(c3)c3ccccc3n4-n3c4ccccc4c4cc(-c5ccc6c(c5)C(=S)c5ccccc5C6=O)ccc43)ccc21. The number of fused-ring (bicyclic) bond motifs is 20. The van der Waals surface area contributed by atoms with Crippen LogP contribution in [0.1, 0.15) is 136 Å². The van der Waals surface area contributed by atoms with Gasteiger partial charge in [-0.3, -0.25) is 19.2 Å². The standard InChI is InChI=1S/C56H40N2O2.C52H28N2O2S2/c1-55(2)45-17-9-5-15-39(45)53(59)41-25-21-35(31-47(41)55)33-23-27-51-43(29-33)37-13-7-11-19-49(37)57(51)58-50-20-12-8-14-38(50)44-30-34(24-28-52(44)58)36-22-26-42-48(32-36)56(3,4)46-18-10-6-16-40(46)54(42)60;55-49-35-11-1-3-13-39(35)51(57)43-27-29(17-21-37(43)49)31-19-23-47-41(25-31)33-9-5-7-15-45(33)53(47)54-46-16-8-6-10-34(46)42-26-32(20-24-48(42)54)30-18-22-38-44(28-30)52(58)40-14-4-2-12-36(40)50(38)56/h5-32H,1-4H3;1-28H. The minimum Gasteiger partial charge on any atom is -0.289 e. The number of aromatic nitrogens is 4. The lowest BCUT2D eigenvalue weighted by molar-refractivity contribution is 0.102. The van der Waals surface area contributed by atoms with Gasteiger partial charge in [-0.15, -0.1) is 0 Å². The summed E-state index contributed by atoms with van der Waals surface area (Å²) in [4.78, 5) is 55.6. The number of carbonyl (C=O) groups excluding carboxylic acids is 4. The fraction of sp³-hybridized carbons (Fsp3) is 0.0556. The van der Waals surface area contributed by atoms with Crippen LogP contribution in [0.4, 0.5) is 0 Å². The van der Waals surface area contributed by atoms with Crippen LogP contribution in [0.3, 0.4) is 0 Å². The van der Waals surface area contributed by atoms with Crippen LogP contribution in [0.5, 0.6) is 0 Å². The molecule has 0 radical (unpaired) electrons. The van der Waals surface area contributed by atoms with Crippen molar-refractivity contribution in [2.24, 2.45) is 0 Å². The molecule has 20 aromatic rings. The summed E-state index contributed by atoms with van der Waals surface area (Å²) in [6.45, 7) is 8.89. The first-order valence-corrected chi connectivity index (χ1v) is 40.8. The molecule has 0 N–H and O–H groups in total. The monoisotopic (exact) mass is 1550 g/mol. The van der Waals surface area contributed by atoms with Gasteiger partial charge >= 0.3 is 0 Å². The van der Waals surface area contributed by atoms with E-state index in [4.69, 9.17) is 24.4 Å². The van der Waals surface area contributed by atoms with Crippen LogP contribution in [0, 0.1) is 0 Å². The van der Waals surface area contributed by atoms with Crippen LogP contribution >= 0.6 is 24.4 Å². The van der Waals surface area contributed by atoms with Crippen LogP contribution in [-0.2, 0) is 10.8 Å². The number of hydrogen-bond donors (Lipinski definition) is 0. The van der Waals surface area contributed by atoms with Gasteiger partial charge in [0.15, 0.2) is 23.1 Å². The summed E-state index contributed by atoms with van der Waals surface area (Å²) in [5.41, 5.74) is 30.0. The van der Waals surface area contributed by atoms with Gasteiger partial charge < -0.3 is 0 Å². The molecule has 4 heterocycles. The predicted molar refractivity (Wildman–Crippen MR) is 486 cm³/mol. The highest BCUT2D eigenvalue weighted by molar-refractivity contribution is 7.81. The highest BCUT2D eigenvalue weighted by Crippen LogP contribution is 2.48. The third-order valence-corrected chi connectivity index (χ3v) is 26.6. The Morgan fingerprint density at radius 2 is 0.398 bits per heavy atom. The highest BCUT2D eigenvalue weighted by atomic mass is 32.1. The van der Waals surface area contributed by atoms with Gasteiger partial charge in [0.05, 0.1) is 53.9 Å². The molecule has 16 aromatic carbocycles. The number of nitrogens with zero attached hydrogens (tertiary/aromatic N) is 4. The molecule has 10 heteroatoms. The molecule has 118 heavy (non-hydrogen) atoms. The van der Waals surface area contributed by atoms with Gasteiger partial charge in [-0.1, -0.05) is 283 Å². The first-order valence-electron chi connectivity index (χ1n) is 39.9. The molecule has 0 spiro atoms. The summed E-state index contributed by atoms with van der Waals surface area (Å²) < 4.78 is 9.40. The number of benzene rings is 16. The number of hydrogen-bond acceptors (Lipinski definition) is 6. The van der Waals surface area contributed by atoms with E-state index in [1.54, 1.807) is 0 Å². The fourth-order valence-electron chi connectivity index (χ4n) is 19.9. The topological polar surface area (TPSA) is 88.0 Å². The normalized spacial score (nSPS) is 14.2. The lowest BCUT2D eigenvalue weighted by Crippen LogP contribution is -2.30. The van der Waals surface area contributed by atoms with E-state index in [0.29, 0.717) is 32.0 Å². The molecule has 0 unspecified atom stereocenters. The van der Waals surface area contributed by atoms with Gasteiger partial charge in [-0.05, 0) is 176 Å². The second-order valence-electron chi connectivity index (χ2n) is 32.7. The van der Waals surface area contributed by atoms with Crippen molar-refractivity contribution in [1.82, 2.24) is 18.7 Å². The van der Waals surface area contributed by atoms with Crippen LogP contribution in [-0.4, -0.2) is 51.6 Å². The van der Waals surface area contributed by atoms with Crippen LogP contribution in [0.25, 0.3) is 132 Å². The molecule has 4 aromatic heterocycles. The third-order valence-electron chi connectivity index (χ3n) is 25.7. The molecule has 24 rings (SSSR count). The third kappa shape index (κ3) is 9.94. The van der Waals surface area contributed by atoms with Gasteiger partial charge in [-0.25, -0.2) is 18.7 Å². The van der Waals surface area contributed by atoms with Crippen molar-refractivity contribution < 1.29 is 19.2 Å². The molecule has 556 valence electrons. The summed E-state index contributed by atoms with van der Waals surface area (Å²) in [5, 5.41) is 9.20. The highest BCUT2D eigenvalue weighted by Gasteiger charge is 2.39. The molecule has 0 atom stereocenters. The largest absolute Gasteiger partial charge is 0.289 e. The Hall–Kier alpha value is -14.4. The molecular formula is C108H68N4O4S2. The quantitative estimate of drug-likeness (QED) is 0.154. The summed E-state index contributed by atoms with van der Waals surface area (Å²) >= 11 is 11.9. The Kier molecular flexibility index (Phi) is 15.0. The Morgan fingerprint density at radius 3 is 0.720 bits per heavy atom. The Bertz CT molecular complexity index is 7560. The van der Waals surface area contributed by atoms with Crippen LogP contribution in [0.15, 0.2) is 340 Å². The molecule has 0 saturated heterocycles. The van der Waals surface area contributed by atoms with E-state index in [1.807, 2.05) is 121 Å². The second-order valence-corrected chi connectivity index (χ2v) is 33.5. The zero-order chi connectivity index (χ0) is 79.5. The molecule has 0 bridgehead atoms. The van der Waals surface area contributed by atoms with Crippen molar-refractivity contribution >= 4 is 145 Å². The van der Waals surface area contributed by atoms with E-state index < -0.39 is 0 Å². The Balaban J connectivity index is 0.000000138. The molecule has 0 aliphatic heterocycles. The molecule has 4 aliphatic rings. The number of ketones is 4. The van der Waals surface area contributed by atoms with Gasteiger partial charge in [0.1, 0.15) is 0 Å². The van der Waals surface area contributed by atoms with Gasteiger partial charge in [0.25, 0.3) is 0 Å². The minimum absolute atomic E-state index is 0.0111. The van der Waals surface area contributed by atoms with Crippen molar-refractivity contribution in [3.8, 4) is 44.5 Å². The summed E-state index contributed by atoms with van der Waals surface area (Å²) in [7, 11) is 0. The summed E-state index contributed by atoms with van der Waals surface area (Å²) in [5.74, 6) is 0.212. The van der Waals surface area contributed by atoms with E-state index in [2.05, 4.69) is 265 Å². The number of thiocarbonyl (C=S) groups is 2. The van der Waals surface area contributed by atoms with E-state index in [0.717, 1.165) is 188 Å². The molecule has 4 aliphatic carbocycles. The maximum Gasteiger partial charge on any atom is 0.194 e. The lowest BCUT2D eigenvalue weighted by Gasteiger charge is -2.34. The van der Waals surface area contributed by atoms with E-state index in [-0.39, 0.29) is 34.0 Å². The zero-order valence-electron chi connectivity index (χ0n) is 64.6. The zero-order valence-corrected chi connectivity index (χ0v) is 66.2. The number of rotatable bonds is 6. The first kappa shape index (κ1) is 69.1. The molecule has 0 fully saturated rings. The molecular weight excluding hydrogens is 1480 g/mol. The maximum atomic E-state index is 13.7. The number of para-hydroxylation sites is 4. The van der Waals surface area contributed by atoms with Crippen molar-refractivity contribution in [1.29, 1.82) is 0 Å². The van der Waals surface area contributed by atoms with Crippen molar-refractivity contribution in [2.45, 2.75) is 38.5 Å². The Morgan fingerprint density at radius 1 is 0.186 bits per heavy atom. The van der Waals surface area contributed by atoms with E-state index in [9.17, 15) is 19.2 Å². The van der Waals surface area contributed by atoms with Gasteiger partial charge in [-0.2, -0.15) is 0 Å². The minimum atomic E-state index is -0.311. The van der Waals surface area contributed by atoms with E-state index >= 15 is 0 Å². The first-order chi connectivity index (χ1) is 57.5. The van der Waals surface area contributed by atoms with E-state index in [1.165, 1.54) is 10.8 Å². The maximum absolute atomic E-state index is 13.7. The smallest absolute Gasteiger partial charge is 0.194 e. The van der Waals surface area contributed by atoms with Crippen molar-refractivity contribution in [3.63, 3.8) is 0 Å². The van der Waals surface area contributed by atoms with Crippen molar-refractivity contribution in [3.05, 3.63) is 429 Å². The van der Waals surface area contributed by atoms with Gasteiger partial charge in [0.2, 0.25) is 0 Å². The molecule has 0 amide bonds. The van der Waals surface area contributed by atoms with Crippen LogP contribution in [0.2, 0.25) is 0 Å². The summed E-state index contributed by atoms with van der Waals surface area (Å²) in [6.07, 6.45) is 0. The van der Waals surface area contributed by atoms with Gasteiger partial charge in [0, 0.05) is 121 Å². The van der Waals surface area contributed by atoms with Crippen molar-refractivity contribution in [2.75, 3.05) is 0 Å². The second kappa shape index (κ2) is 25.5. The fourth-order valence-corrected chi connectivity index (χ4v) is 20.6. The average molecular weight is 1550 g/mol. The lowest BCUT2D eigenvalue weighted by atomic mass is 9.68. The van der Waals surface area contributed by atoms with Crippen LogP contribution < -0.4 is 0 Å². The summed E-state index contributed by atoms with van der Waals surface area (Å²) in [6, 6.07) is 117. The molecule has 0 saturated carbocycles. The predicted octanol–water partition coefficient (Wildman–Crippen LogP) is 25.5. The number of carbonyl (C=O) groups is 4. The molecule has 8 nitrogen and oxygen atoms in total. The average Bonchev–Trinajstić information content (AvgIpc) is 1.55. The Labute approximate surface area is 689 Å².